The summed E-state index contributed by atoms with van der Waals surface area (Å²) in [7, 11) is 0. The van der Waals surface area contributed by atoms with Crippen molar-refractivity contribution in [2.45, 2.75) is 18.5 Å². The van der Waals surface area contributed by atoms with Gasteiger partial charge < -0.3 is 5.73 Å². The summed E-state index contributed by atoms with van der Waals surface area (Å²) in [5, 5.41) is 8.10. The van der Waals surface area contributed by atoms with E-state index in [4.69, 9.17) is 5.73 Å². The van der Waals surface area contributed by atoms with E-state index in [1.165, 1.54) is 11.8 Å². The van der Waals surface area contributed by atoms with Gasteiger partial charge in [-0.1, -0.05) is 11.8 Å². The van der Waals surface area contributed by atoms with Crippen LogP contribution in [-0.4, -0.2) is 27.5 Å². The van der Waals surface area contributed by atoms with E-state index in [2.05, 4.69) is 15.2 Å². The third-order valence-corrected chi connectivity index (χ3v) is 2.38. The first-order chi connectivity index (χ1) is 6.24. The molecule has 0 spiro atoms. The highest BCUT2D eigenvalue weighted by Gasteiger charge is 1.99. The van der Waals surface area contributed by atoms with Crippen LogP contribution >= 0.6 is 11.8 Å². The van der Waals surface area contributed by atoms with Crippen LogP contribution in [0.3, 0.4) is 0 Å². The number of aromatic amines is 1. The average Bonchev–Trinajstić information content (AvgIpc) is 2.12. The number of nitrogens with one attached hydrogen (secondary N) is 1. The molecular formula is C7H12N4OS. The van der Waals surface area contributed by atoms with Gasteiger partial charge in [-0.05, 0) is 19.9 Å². The second-order valence-electron chi connectivity index (χ2n) is 2.54. The fraction of sp³-hybridized carbons (Fsp3) is 0.571. The molecule has 72 valence electrons. The van der Waals surface area contributed by atoms with Gasteiger partial charge in [0.15, 0.2) is 5.16 Å². The molecule has 0 aliphatic heterocycles. The third-order valence-electron chi connectivity index (χ3n) is 1.43. The van der Waals surface area contributed by atoms with Crippen molar-refractivity contribution in [1.82, 2.24) is 15.2 Å². The van der Waals surface area contributed by atoms with Crippen LogP contribution in [0.15, 0.2) is 9.95 Å². The van der Waals surface area contributed by atoms with Crippen LogP contribution < -0.4 is 11.3 Å². The molecule has 1 rings (SSSR count). The van der Waals surface area contributed by atoms with Gasteiger partial charge in [-0.3, -0.25) is 9.78 Å². The normalized spacial score (nSPS) is 10.3. The molecule has 0 saturated heterocycles. The van der Waals surface area contributed by atoms with Crippen molar-refractivity contribution in [2.75, 3.05) is 12.3 Å². The molecule has 6 heteroatoms. The van der Waals surface area contributed by atoms with Crippen LogP contribution in [0.4, 0.5) is 0 Å². The molecule has 0 aliphatic rings. The van der Waals surface area contributed by atoms with Crippen molar-refractivity contribution in [1.29, 1.82) is 0 Å². The van der Waals surface area contributed by atoms with E-state index < -0.39 is 0 Å². The van der Waals surface area contributed by atoms with Crippen molar-refractivity contribution in [3.63, 3.8) is 0 Å². The molecule has 0 aliphatic carbocycles. The minimum atomic E-state index is -0.176. The molecule has 0 fully saturated rings. The number of aryl methyl sites for hydroxylation is 1. The molecule has 5 nitrogen and oxygen atoms in total. The van der Waals surface area contributed by atoms with Crippen LogP contribution in [-0.2, 0) is 0 Å². The number of nitrogens with zero attached hydrogens (tertiary/aromatic N) is 2. The van der Waals surface area contributed by atoms with E-state index in [9.17, 15) is 4.79 Å². The SMILES string of the molecule is Cc1nnc(SCCCN)[nH]c1=O. The summed E-state index contributed by atoms with van der Waals surface area (Å²) >= 11 is 1.46. The van der Waals surface area contributed by atoms with E-state index in [1.807, 2.05) is 0 Å². The van der Waals surface area contributed by atoms with Crippen LogP contribution in [0.2, 0.25) is 0 Å². The molecule has 1 aromatic heterocycles. The Hall–Kier alpha value is -0.880. The van der Waals surface area contributed by atoms with E-state index in [1.54, 1.807) is 6.92 Å². The second-order valence-corrected chi connectivity index (χ2v) is 3.62. The molecule has 0 atom stereocenters. The molecule has 0 aromatic carbocycles. The van der Waals surface area contributed by atoms with Gasteiger partial charge in [-0.2, -0.15) is 0 Å². The Balaban J connectivity index is 2.58. The van der Waals surface area contributed by atoms with E-state index in [0.717, 1.165) is 12.2 Å². The highest BCUT2D eigenvalue weighted by atomic mass is 32.2. The number of hydrogen-bond acceptors (Lipinski definition) is 5. The molecule has 0 bridgehead atoms. The van der Waals surface area contributed by atoms with Crippen LogP contribution in [0.5, 0.6) is 0 Å². The maximum Gasteiger partial charge on any atom is 0.273 e. The fourth-order valence-electron chi connectivity index (χ4n) is 0.696. The van der Waals surface area contributed by atoms with Crippen molar-refractivity contribution in [3.8, 4) is 0 Å². The maximum absolute atomic E-state index is 11.1. The highest BCUT2D eigenvalue weighted by Crippen LogP contribution is 2.09. The minimum Gasteiger partial charge on any atom is -0.330 e. The van der Waals surface area contributed by atoms with Gasteiger partial charge >= 0.3 is 0 Å². The molecular weight excluding hydrogens is 188 g/mol. The van der Waals surface area contributed by atoms with Crippen molar-refractivity contribution < 1.29 is 0 Å². The summed E-state index contributed by atoms with van der Waals surface area (Å²) in [5.41, 5.74) is 5.54. The van der Waals surface area contributed by atoms with Crippen molar-refractivity contribution in [2.24, 2.45) is 5.73 Å². The largest absolute Gasteiger partial charge is 0.330 e. The lowest BCUT2D eigenvalue weighted by molar-refractivity contribution is 0.788. The molecule has 1 heterocycles. The Morgan fingerprint density at radius 3 is 2.92 bits per heavy atom. The summed E-state index contributed by atoms with van der Waals surface area (Å²) < 4.78 is 0. The topological polar surface area (TPSA) is 84.7 Å². The Kier molecular flexibility index (Phi) is 3.91. The van der Waals surface area contributed by atoms with Gasteiger partial charge in [0.25, 0.3) is 5.56 Å². The van der Waals surface area contributed by atoms with E-state index in [-0.39, 0.29) is 5.56 Å². The lowest BCUT2D eigenvalue weighted by atomic mass is 10.5. The quantitative estimate of drug-likeness (QED) is 0.524. The highest BCUT2D eigenvalue weighted by molar-refractivity contribution is 7.99. The van der Waals surface area contributed by atoms with Gasteiger partial charge in [0.1, 0.15) is 5.69 Å². The number of aromatic nitrogens is 3. The summed E-state index contributed by atoms with van der Waals surface area (Å²) in [5.74, 6) is 0.851. The first kappa shape index (κ1) is 10.2. The predicted octanol–water partition coefficient (Wildman–Crippen LogP) is -0.0858. The van der Waals surface area contributed by atoms with Crippen LogP contribution in [0, 0.1) is 6.92 Å². The standard InChI is InChI=1S/C7H12N4OS/c1-5-6(12)9-7(11-10-5)13-4-2-3-8/h2-4,8H2,1H3,(H,9,11,12). The first-order valence-electron chi connectivity index (χ1n) is 4.00. The van der Waals surface area contributed by atoms with E-state index >= 15 is 0 Å². The van der Waals surface area contributed by atoms with Gasteiger partial charge in [0, 0.05) is 5.75 Å². The summed E-state index contributed by atoms with van der Waals surface area (Å²) in [4.78, 5) is 13.7. The van der Waals surface area contributed by atoms with Gasteiger partial charge in [0.2, 0.25) is 0 Å². The zero-order valence-corrected chi connectivity index (χ0v) is 8.23. The van der Waals surface area contributed by atoms with Gasteiger partial charge in [-0.15, -0.1) is 10.2 Å². The minimum absolute atomic E-state index is 0.176. The Bertz CT molecular complexity index is 325. The summed E-state index contributed by atoms with van der Waals surface area (Å²) in [6.45, 7) is 2.27. The molecule has 0 saturated carbocycles. The molecule has 13 heavy (non-hydrogen) atoms. The summed E-state index contributed by atoms with van der Waals surface area (Å²) in [6.07, 6.45) is 0.905. The summed E-state index contributed by atoms with van der Waals surface area (Å²) in [6, 6.07) is 0. The third kappa shape index (κ3) is 3.16. The lowest BCUT2D eigenvalue weighted by Crippen LogP contribution is -2.14. The monoisotopic (exact) mass is 200 g/mol. The molecule has 0 radical (unpaired) electrons. The zero-order valence-electron chi connectivity index (χ0n) is 7.41. The zero-order chi connectivity index (χ0) is 9.68. The fourth-order valence-corrected chi connectivity index (χ4v) is 1.46. The second kappa shape index (κ2) is 4.98. The Labute approximate surface area is 80.1 Å². The number of thioether (sulfide) groups is 1. The van der Waals surface area contributed by atoms with Gasteiger partial charge in [-0.25, -0.2) is 0 Å². The first-order valence-corrected chi connectivity index (χ1v) is 4.99. The van der Waals surface area contributed by atoms with Crippen LogP contribution in [0.25, 0.3) is 0 Å². The van der Waals surface area contributed by atoms with Crippen molar-refractivity contribution >= 4 is 11.8 Å². The van der Waals surface area contributed by atoms with E-state index in [0.29, 0.717) is 17.4 Å². The molecule has 3 N–H and O–H groups in total. The Morgan fingerprint density at radius 2 is 2.31 bits per heavy atom. The number of rotatable bonds is 4. The lowest BCUT2D eigenvalue weighted by Gasteiger charge is -1.97. The number of nitrogens with two attached hydrogens (primary N) is 1. The maximum atomic E-state index is 11.1. The average molecular weight is 200 g/mol. The number of hydrogen-bond donors (Lipinski definition) is 2. The smallest absolute Gasteiger partial charge is 0.273 e. The molecule has 0 unspecified atom stereocenters. The number of H-pyrrole nitrogens is 1. The molecule has 1 aromatic rings. The van der Waals surface area contributed by atoms with Crippen LogP contribution in [0.1, 0.15) is 12.1 Å². The Morgan fingerprint density at radius 1 is 1.54 bits per heavy atom. The van der Waals surface area contributed by atoms with Gasteiger partial charge in [0.05, 0.1) is 0 Å². The van der Waals surface area contributed by atoms with Crippen molar-refractivity contribution in [3.05, 3.63) is 16.0 Å². The molecule has 0 amide bonds. The predicted molar refractivity (Wildman–Crippen MR) is 51.8 cm³/mol.